The number of aromatic nitrogens is 1. The molecule has 0 saturated carbocycles. The molecule has 7 nitrogen and oxygen atoms in total. The Bertz CT molecular complexity index is 1050. The predicted molar refractivity (Wildman–Crippen MR) is 123 cm³/mol. The zero-order chi connectivity index (χ0) is 21.8. The first-order valence-electron chi connectivity index (χ1n) is 10.7. The minimum atomic E-state index is -0.0679. The number of hydrogen-bond donors (Lipinski definition) is 1. The SMILES string of the molecule is CN(C)CCNC(=O)c1ccc2ccc(N3CCN(C(=O)c4ccccc4)CC3)n2c1. The van der Waals surface area contributed by atoms with Crippen molar-refractivity contribution in [2.45, 2.75) is 0 Å². The van der Waals surface area contributed by atoms with Crippen molar-refractivity contribution in [3.05, 3.63) is 71.9 Å². The number of likely N-dealkylation sites (N-methyl/N-ethyl adjacent to an activating group) is 1. The van der Waals surface area contributed by atoms with Gasteiger partial charge in [-0.2, -0.15) is 0 Å². The van der Waals surface area contributed by atoms with Gasteiger partial charge in [0.05, 0.1) is 5.56 Å². The Morgan fingerprint density at radius 3 is 2.32 bits per heavy atom. The summed E-state index contributed by atoms with van der Waals surface area (Å²) in [5.74, 6) is 1.06. The maximum atomic E-state index is 12.7. The minimum Gasteiger partial charge on any atom is -0.354 e. The normalized spacial score (nSPS) is 14.3. The predicted octanol–water partition coefficient (Wildman–Crippen LogP) is 2.19. The van der Waals surface area contributed by atoms with Crippen LogP contribution >= 0.6 is 0 Å². The summed E-state index contributed by atoms with van der Waals surface area (Å²) in [5.41, 5.74) is 2.42. The zero-order valence-corrected chi connectivity index (χ0v) is 18.1. The first-order valence-corrected chi connectivity index (χ1v) is 10.7. The molecule has 1 fully saturated rings. The van der Waals surface area contributed by atoms with Crippen LogP contribution in [-0.2, 0) is 0 Å². The fraction of sp³-hybridized carbons (Fsp3) is 0.333. The molecule has 3 heterocycles. The van der Waals surface area contributed by atoms with E-state index < -0.39 is 0 Å². The summed E-state index contributed by atoms with van der Waals surface area (Å²) in [7, 11) is 3.97. The van der Waals surface area contributed by atoms with E-state index in [1.165, 1.54) is 0 Å². The van der Waals surface area contributed by atoms with Gasteiger partial charge in [0, 0.05) is 56.5 Å². The van der Waals surface area contributed by atoms with E-state index in [1.807, 2.05) is 72.6 Å². The van der Waals surface area contributed by atoms with E-state index in [-0.39, 0.29) is 11.8 Å². The molecule has 1 saturated heterocycles. The van der Waals surface area contributed by atoms with Gasteiger partial charge in [0.15, 0.2) is 0 Å². The highest BCUT2D eigenvalue weighted by Gasteiger charge is 2.23. The first-order chi connectivity index (χ1) is 15.0. The Balaban J connectivity index is 1.44. The monoisotopic (exact) mass is 419 g/mol. The van der Waals surface area contributed by atoms with Crippen LogP contribution in [0.25, 0.3) is 5.52 Å². The van der Waals surface area contributed by atoms with E-state index in [0.29, 0.717) is 25.2 Å². The highest BCUT2D eigenvalue weighted by Crippen LogP contribution is 2.22. The van der Waals surface area contributed by atoms with Gasteiger partial charge in [0.25, 0.3) is 11.8 Å². The van der Waals surface area contributed by atoms with Crippen molar-refractivity contribution in [1.82, 2.24) is 19.5 Å². The number of nitrogens with one attached hydrogen (secondary N) is 1. The molecular weight excluding hydrogens is 390 g/mol. The average molecular weight is 420 g/mol. The molecule has 1 aromatic carbocycles. The second kappa shape index (κ2) is 9.22. The minimum absolute atomic E-state index is 0.0679. The Morgan fingerprint density at radius 1 is 0.903 bits per heavy atom. The van der Waals surface area contributed by atoms with Gasteiger partial charge in [-0.15, -0.1) is 0 Å². The molecule has 1 N–H and O–H groups in total. The summed E-state index contributed by atoms with van der Waals surface area (Å²) in [5, 5.41) is 2.97. The van der Waals surface area contributed by atoms with Crippen molar-refractivity contribution >= 4 is 23.1 Å². The second-order valence-corrected chi connectivity index (χ2v) is 8.11. The molecule has 0 spiro atoms. The Kier molecular flexibility index (Phi) is 6.23. The number of rotatable bonds is 6. The lowest BCUT2D eigenvalue weighted by atomic mass is 10.2. The van der Waals surface area contributed by atoms with Gasteiger partial charge >= 0.3 is 0 Å². The summed E-state index contributed by atoms with van der Waals surface area (Å²) in [6.07, 6.45) is 1.90. The molecule has 162 valence electrons. The first kappa shape index (κ1) is 20.9. The van der Waals surface area contributed by atoms with E-state index in [9.17, 15) is 9.59 Å². The Hall–Kier alpha value is -3.32. The van der Waals surface area contributed by atoms with Crippen LogP contribution in [0, 0.1) is 0 Å². The fourth-order valence-corrected chi connectivity index (χ4v) is 3.88. The average Bonchev–Trinajstić information content (AvgIpc) is 3.22. The molecule has 31 heavy (non-hydrogen) atoms. The van der Waals surface area contributed by atoms with Crippen LogP contribution in [0.5, 0.6) is 0 Å². The van der Waals surface area contributed by atoms with Crippen LogP contribution < -0.4 is 10.2 Å². The van der Waals surface area contributed by atoms with E-state index in [0.717, 1.165) is 36.5 Å². The van der Waals surface area contributed by atoms with Crippen molar-refractivity contribution in [1.29, 1.82) is 0 Å². The van der Waals surface area contributed by atoms with E-state index >= 15 is 0 Å². The Morgan fingerprint density at radius 2 is 1.61 bits per heavy atom. The number of carbonyl (C=O) groups excluding carboxylic acids is 2. The van der Waals surface area contributed by atoms with Gasteiger partial charge < -0.3 is 24.4 Å². The van der Waals surface area contributed by atoms with Crippen LogP contribution in [0.4, 0.5) is 5.82 Å². The topological polar surface area (TPSA) is 60.3 Å². The number of carbonyl (C=O) groups is 2. The van der Waals surface area contributed by atoms with Gasteiger partial charge in [-0.3, -0.25) is 9.59 Å². The molecule has 0 aliphatic carbocycles. The van der Waals surface area contributed by atoms with Crippen molar-refractivity contribution in [3.8, 4) is 0 Å². The third kappa shape index (κ3) is 4.72. The Labute approximate surface area is 182 Å². The lowest BCUT2D eigenvalue weighted by Gasteiger charge is -2.36. The highest BCUT2D eigenvalue weighted by molar-refractivity contribution is 5.95. The van der Waals surface area contributed by atoms with Crippen LogP contribution in [0.3, 0.4) is 0 Å². The highest BCUT2D eigenvalue weighted by atomic mass is 16.2. The number of piperazine rings is 1. The molecule has 3 aromatic rings. The van der Waals surface area contributed by atoms with Crippen LogP contribution in [0.2, 0.25) is 0 Å². The number of amides is 2. The number of anilines is 1. The van der Waals surface area contributed by atoms with Crippen molar-refractivity contribution < 1.29 is 9.59 Å². The van der Waals surface area contributed by atoms with Gasteiger partial charge in [-0.25, -0.2) is 0 Å². The lowest BCUT2D eigenvalue weighted by molar-refractivity contribution is 0.0746. The van der Waals surface area contributed by atoms with Gasteiger partial charge in [0.1, 0.15) is 5.82 Å². The maximum absolute atomic E-state index is 12.7. The van der Waals surface area contributed by atoms with Crippen LogP contribution in [0.15, 0.2) is 60.8 Å². The number of pyridine rings is 1. The summed E-state index contributed by atoms with van der Waals surface area (Å²) in [6, 6.07) is 17.4. The molecule has 1 aliphatic rings. The number of hydrogen-bond acceptors (Lipinski definition) is 4. The largest absolute Gasteiger partial charge is 0.354 e. The lowest BCUT2D eigenvalue weighted by Crippen LogP contribution is -2.49. The molecule has 0 atom stereocenters. The fourth-order valence-electron chi connectivity index (χ4n) is 3.88. The number of benzene rings is 1. The molecule has 1 aliphatic heterocycles. The zero-order valence-electron chi connectivity index (χ0n) is 18.1. The summed E-state index contributed by atoms with van der Waals surface area (Å²) in [4.78, 5) is 31.5. The van der Waals surface area contributed by atoms with Gasteiger partial charge in [-0.1, -0.05) is 18.2 Å². The molecule has 4 rings (SSSR count). The molecule has 0 radical (unpaired) electrons. The van der Waals surface area contributed by atoms with Crippen LogP contribution in [-0.4, -0.2) is 79.4 Å². The molecule has 2 amide bonds. The second-order valence-electron chi connectivity index (χ2n) is 8.11. The summed E-state index contributed by atoms with van der Waals surface area (Å²) >= 11 is 0. The van der Waals surface area contributed by atoms with Crippen molar-refractivity contribution in [2.24, 2.45) is 0 Å². The summed E-state index contributed by atoms with van der Waals surface area (Å²) in [6.45, 7) is 4.26. The van der Waals surface area contributed by atoms with Crippen LogP contribution in [0.1, 0.15) is 20.7 Å². The van der Waals surface area contributed by atoms with Gasteiger partial charge in [-0.05, 0) is 50.5 Å². The third-order valence-electron chi connectivity index (χ3n) is 5.65. The maximum Gasteiger partial charge on any atom is 0.253 e. The quantitative estimate of drug-likeness (QED) is 0.666. The van der Waals surface area contributed by atoms with E-state index in [4.69, 9.17) is 0 Å². The standard InChI is InChI=1S/C24H29N5O2/c1-26(2)13-12-25-23(30)20-8-9-21-10-11-22(29(21)18-20)27-14-16-28(17-15-27)24(31)19-6-4-3-5-7-19/h3-11,18H,12-17H2,1-2H3,(H,25,30). The number of fused-ring (bicyclic) bond motifs is 1. The number of nitrogens with zero attached hydrogens (tertiary/aromatic N) is 4. The molecular formula is C24H29N5O2. The van der Waals surface area contributed by atoms with E-state index in [1.54, 1.807) is 0 Å². The summed E-state index contributed by atoms with van der Waals surface area (Å²) < 4.78 is 2.07. The van der Waals surface area contributed by atoms with Gasteiger partial charge in [0.2, 0.25) is 0 Å². The molecule has 0 unspecified atom stereocenters. The van der Waals surface area contributed by atoms with Crippen molar-refractivity contribution in [3.63, 3.8) is 0 Å². The van der Waals surface area contributed by atoms with E-state index in [2.05, 4.69) is 26.8 Å². The van der Waals surface area contributed by atoms with Crippen molar-refractivity contribution in [2.75, 3.05) is 58.3 Å². The molecule has 2 aromatic heterocycles. The molecule has 0 bridgehead atoms. The molecule has 7 heteroatoms. The third-order valence-corrected chi connectivity index (χ3v) is 5.65. The smallest absolute Gasteiger partial charge is 0.253 e.